The van der Waals surface area contributed by atoms with E-state index in [4.69, 9.17) is 14.2 Å². The first-order valence-electron chi connectivity index (χ1n) is 14.5. The fourth-order valence-electron chi connectivity index (χ4n) is 5.65. The van der Waals surface area contributed by atoms with Crippen molar-refractivity contribution < 1.29 is 32.2 Å². The van der Waals surface area contributed by atoms with Crippen molar-refractivity contribution in [3.05, 3.63) is 82.9 Å². The zero-order chi connectivity index (χ0) is 31.2. The van der Waals surface area contributed by atoms with Gasteiger partial charge in [0.2, 0.25) is 5.91 Å². The van der Waals surface area contributed by atoms with Crippen molar-refractivity contribution in [1.29, 1.82) is 0 Å². The fraction of sp³-hybridized carbons (Fsp3) is 0.412. The Labute approximate surface area is 254 Å². The molecule has 230 valence electrons. The second-order valence-electron chi connectivity index (χ2n) is 11.4. The number of likely N-dealkylation sites (tertiary alicyclic amines) is 1. The maximum absolute atomic E-state index is 12.3. The fourth-order valence-corrected chi connectivity index (χ4v) is 6.30. The van der Waals surface area contributed by atoms with Gasteiger partial charge in [0.25, 0.3) is 0 Å². The van der Waals surface area contributed by atoms with Gasteiger partial charge in [0.05, 0.1) is 25.4 Å². The molecule has 1 saturated heterocycles. The second kappa shape index (κ2) is 13.6. The summed E-state index contributed by atoms with van der Waals surface area (Å²) in [5.74, 6) is 1.29. The van der Waals surface area contributed by atoms with Gasteiger partial charge in [-0.15, -0.1) is 0 Å². The van der Waals surface area contributed by atoms with Crippen LogP contribution in [0.25, 0.3) is 11.1 Å². The molecule has 0 N–H and O–H groups in total. The van der Waals surface area contributed by atoms with Crippen molar-refractivity contribution in [2.45, 2.75) is 52.6 Å². The number of carbonyl (C=O) groups is 2. The van der Waals surface area contributed by atoms with Crippen LogP contribution < -0.4 is 9.47 Å². The van der Waals surface area contributed by atoms with Crippen molar-refractivity contribution >= 4 is 21.7 Å². The Bertz CT molecular complexity index is 1530. The lowest BCUT2D eigenvalue weighted by Crippen LogP contribution is -2.61. The molecule has 0 bridgehead atoms. The van der Waals surface area contributed by atoms with E-state index < -0.39 is 15.3 Å². The molecule has 0 spiro atoms. The number of hydrogen-bond acceptors (Lipinski definition) is 7. The highest BCUT2D eigenvalue weighted by molar-refractivity contribution is 7.90. The van der Waals surface area contributed by atoms with Crippen LogP contribution in [-0.4, -0.2) is 63.5 Å². The minimum atomic E-state index is -3.00. The topological polar surface area (TPSA) is 99.2 Å². The Morgan fingerprint density at radius 1 is 0.930 bits per heavy atom. The van der Waals surface area contributed by atoms with Gasteiger partial charge < -0.3 is 19.1 Å². The third-order valence-corrected chi connectivity index (χ3v) is 8.77. The normalized spacial score (nSPS) is 14.1. The third kappa shape index (κ3) is 8.38. The molecule has 0 atom stereocenters. The average molecular weight is 608 g/mol. The maximum atomic E-state index is 12.3. The number of esters is 1. The first-order chi connectivity index (χ1) is 20.4. The predicted molar refractivity (Wildman–Crippen MR) is 167 cm³/mol. The molecule has 3 aromatic rings. The lowest BCUT2D eigenvalue weighted by Gasteiger charge is -2.49. The minimum absolute atomic E-state index is 0.00161. The van der Waals surface area contributed by atoms with Crippen LogP contribution in [-0.2, 0) is 36.2 Å². The van der Waals surface area contributed by atoms with Crippen LogP contribution >= 0.6 is 0 Å². The van der Waals surface area contributed by atoms with E-state index >= 15 is 0 Å². The van der Waals surface area contributed by atoms with E-state index in [9.17, 15) is 18.0 Å². The Morgan fingerprint density at radius 2 is 1.60 bits per heavy atom. The molecule has 0 unspecified atom stereocenters. The number of aryl methyl sites for hydroxylation is 2. The second-order valence-corrected chi connectivity index (χ2v) is 13.7. The first kappa shape index (κ1) is 32.1. The number of amides is 1. The maximum Gasteiger partial charge on any atom is 0.306 e. The van der Waals surface area contributed by atoms with Gasteiger partial charge in [-0.3, -0.25) is 9.59 Å². The van der Waals surface area contributed by atoms with Crippen LogP contribution in [0, 0.1) is 13.8 Å². The molecule has 1 heterocycles. The summed E-state index contributed by atoms with van der Waals surface area (Å²) in [5.41, 5.74) is 5.91. The van der Waals surface area contributed by atoms with Crippen LogP contribution in [0.4, 0.5) is 0 Å². The first-order valence-corrected chi connectivity index (χ1v) is 16.6. The van der Waals surface area contributed by atoms with E-state index in [1.807, 2.05) is 62.4 Å². The van der Waals surface area contributed by atoms with Gasteiger partial charge in [-0.1, -0.05) is 30.3 Å². The minimum Gasteiger partial charge on any atom is -0.494 e. The summed E-state index contributed by atoms with van der Waals surface area (Å²) in [6, 6.07) is 20.0. The summed E-state index contributed by atoms with van der Waals surface area (Å²) in [7, 11) is -3.00. The largest absolute Gasteiger partial charge is 0.494 e. The van der Waals surface area contributed by atoms with Crippen LogP contribution in [0.15, 0.2) is 60.7 Å². The van der Waals surface area contributed by atoms with Gasteiger partial charge >= 0.3 is 5.97 Å². The average Bonchev–Trinajstić information content (AvgIpc) is 2.91. The third-order valence-electron chi connectivity index (χ3n) is 7.74. The van der Waals surface area contributed by atoms with E-state index in [0.717, 1.165) is 39.1 Å². The molecule has 43 heavy (non-hydrogen) atoms. The van der Waals surface area contributed by atoms with Crippen LogP contribution in [0.3, 0.4) is 0 Å². The molecule has 0 aromatic heterocycles. The summed E-state index contributed by atoms with van der Waals surface area (Å²) < 4.78 is 39.9. The molecule has 1 aliphatic rings. The van der Waals surface area contributed by atoms with E-state index in [0.29, 0.717) is 45.1 Å². The Morgan fingerprint density at radius 3 is 2.21 bits per heavy atom. The zero-order valence-corrected chi connectivity index (χ0v) is 26.5. The van der Waals surface area contributed by atoms with Gasteiger partial charge in [-0.05, 0) is 90.9 Å². The van der Waals surface area contributed by atoms with Gasteiger partial charge in [-0.25, -0.2) is 8.42 Å². The smallest absolute Gasteiger partial charge is 0.306 e. The monoisotopic (exact) mass is 607 g/mol. The quantitative estimate of drug-likeness (QED) is 0.189. The molecule has 0 aliphatic carbocycles. The number of hydrogen-bond donors (Lipinski definition) is 0. The number of sulfone groups is 1. The molecule has 1 aliphatic heterocycles. The molecular weight excluding hydrogens is 566 g/mol. The Balaban J connectivity index is 1.41. The van der Waals surface area contributed by atoms with Crippen molar-refractivity contribution in [2.75, 3.05) is 38.3 Å². The highest BCUT2D eigenvalue weighted by Gasteiger charge is 2.47. The molecular formula is C34H41NO7S. The molecule has 9 heteroatoms. The van der Waals surface area contributed by atoms with Crippen molar-refractivity contribution in [2.24, 2.45) is 0 Å². The van der Waals surface area contributed by atoms with E-state index in [1.54, 1.807) is 18.7 Å². The van der Waals surface area contributed by atoms with Crippen molar-refractivity contribution in [3.63, 3.8) is 0 Å². The molecule has 0 radical (unpaired) electrons. The number of benzene rings is 3. The van der Waals surface area contributed by atoms with Crippen molar-refractivity contribution in [1.82, 2.24) is 4.90 Å². The molecule has 1 amide bonds. The van der Waals surface area contributed by atoms with Gasteiger partial charge in [-0.2, -0.15) is 0 Å². The molecule has 8 nitrogen and oxygen atoms in total. The Hall–Kier alpha value is -3.85. The van der Waals surface area contributed by atoms with E-state index in [1.165, 1.54) is 6.26 Å². The lowest BCUT2D eigenvalue weighted by molar-refractivity contribution is -0.150. The summed E-state index contributed by atoms with van der Waals surface area (Å²) in [4.78, 5) is 25.9. The molecule has 1 fully saturated rings. The zero-order valence-electron chi connectivity index (χ0n) is 25.6. The van der Waals surface area contributed by atoms with Crippen LogP contribution in [0.2, 0.25) is 0 Å². The van der Waals surface area contributed by atoms with Gasteiger partial charge in [0, 0.05) is 31.7 Å². The Kier molecular flexibility index (Phi) is 10.2. The van der Waals surface area contributed by atoms with Crippen LogP contribution in [0.5, 0.6) is 11.5 Å². The lowest BCUT2D eigenvalue weighted by atomic mass is 9.71. The van der Waals surface area contributed by atoms with Crippen molar-refractivity contribution in [3.8, 4) is 22.6 Å². The number of rotatable bonds is 13. The molecule has 3 aromatic carbocycles. The number of ether oxygens (including phenoxy) is 3. The number of nitrogens with zero attached hydrogens (tertiary/aromatic N) is 1. The highest BCUT2D eigenvalue weighted by Crippen LogP contribution is 2.39. The predicted octanol–water partition coefficient (Wildman–Crippen LogP) is 5.42. The van der Waals surface area contributed by atoms with Gasteiger partial charge in [0.1, 0.15) is 27.9 Å². The van der Waals surface area contributed by atoms with Crippen LogP contribution in [0.1, 0.15) is 48.9 Å². The summed E-state index contributed by atoms with van der Waals surface area (Å²) in [6.07, 6.45) is 1.92. The summed E-state index contributed by atoms with van der Waals surface area (Å²) in [6.45, 7) is 9.46. The SMILES string of the molecule is CCOC(=O)CC1(c2ccc(OCc3cccc(-c4c(C)cc(OCCCS(C)(=O)=O)cc4C)c3)cc2)CN(C(C)=O)C1. The van der Waals surface area contributed by atoms with E-state index in [2.05, 4.69) is 12.1 Å². The molecule has 0 saturated carbocycles. The summed E-state index contributed by atoms with van der Waals surface area (Å²) >= 11 is 0. The molecule has 4 rings (SSSR count). The standard InChI is InChI=1S/C34H41NO7S/c1-6-40-32(37)20-34(22-35(23-34)26(4)36)29-11-13-30(14-12-29)42-21-27-9-7-10-28(19-27)33-24(2)17-31(18-25(33)3)41-15-8-16-43(5,38)39/h7,9-14,17-19H,6,8,15-16,20-23H2,1-5H3. The van der Waals surface area contributed by atoms with E-state index in [-0.39, 0.29) is 24.1 Å². The van der Waals surface area contributed by atoms with Gasteiger partial charge in [0.15, 0.2) is 0 Å². The summed E-state index contributed by atoms with van der Waals surface area (Å²) in [5, 5.41) is 0. The number of carbonyl (C=O) groups excluding carboxylic acids is 2. The highest BCUT2D eigenvalue weighted by atomic mass is 32.2.